The zero-order chi connectivity index (χ0) is 15.6. The van der Waals surface area contributed by atoms with E-state index in [2.05, 4.69) is 4.74 Å². The van der Waals surface area contributed by atoms with Crippen molar-refractivity contribution in [1.82, 2.24) is 0 Å². The average molecular weight is 293 g/mol. The molecule has 1 aliphatic heterocycles. The SMILES string of the molecule is CCC1(CC)Oc2ccc(O)cc2N(CC(=O)OC)C1=O. The lowest BCUT2D eigenvalue weighted by Crippen LogP contribution is -2.56. The Kier molecular flexibility index (Phi) is 4.06. The summed E-state index contributed by atoms with van der Waals surface area (Å²) in [5, 5.41) is 9.62. The van der Waals surface area contributed by atoms with Gasteiger partial charge in [0.25, 0.3) is 5.91 Å². The fourth-order valence-corrected chi connectivity index (χ4v) is 2.46. The lowest BCUT2D eigenvalue weighted by molar-refractivity contribution is -0.143. The number of nitrogens with zero attached hydrogens (tertiary/aromatic N) is 1. The Morgan fingerprint density at radius 3 is 2.62 bits per heavy atom. The molecule has 0 saturated heterocycles. The van der Waals surface area contributed by atoms with Crippen molar-refractivity contribution in [3.05, 3.63) is 18.2 Å². The second kappa shape index (κ2) is 5.63. The van der Waals surface area contributed by atoms with Crippen LogP contribution in [-0.4, -0.2) is 36.2 Å². The quantitative estimate of drug-likeness (QED) is 0.857. The molecule has 6 nitrogen and oxygen atoms in total. The number of ether oxygens (including phenoxy) is 2. The predicted octanol–water partition coefficient (Wildman–Crippen LogP) is 1.85. The number of hydrogen-bond acceptors (Lipinski definition) is 5. The zero-order valence-corrected chi connectivity index (χ0v) is 12.4. The molecule has 0 saturated carbocycles. The molecule has 1 aromatic rings. The van der Waals surface area contributed by atoms with Gasteiger partial charge in [0.1, 0.15) is 18.0 Å². The van der Waals surface area contributed by atoms with E-state index in [4.69, 9.17) is 4.74 Å². The van der Waals surface area contributed by atoms with Crippen molar-refractivity contribution in [2.75, 3.05) is 18.6 Å². The molecule has 0 radical (unpaired) electrons. The van der Waals surface area contributed by atoms with Crippen LogP contribution < -0.4 is 9.64 Å². The smallest absolute Gasteiger partial charge is 0.325 e. The molecule has 0 spiro atoms. The van der Waals surface area contributed by atoms with Crippen molar-refractivity contribution < 1.29 is 24.2 Å². The molecule has 0 atom stereocenters. The van der Waals surface area contributed by atoms with Gasteiger partial charge in [0, 0.05) is 6.07 Å². The van der Waals surface area contributed by atoms with Crippen molar-refractivity contribution >= 4 is 17.6 Å². The number of benzene rings is 1. The van der Waals surface area contributed by atoms with E-state index >= 15 is 0 Å². The summed E-state index contributed by atoms with van der Waals surface area (Å²) in [6.07, 6.45) is 0.973. The number of aromatic hydroxyl groups is 1. The molecule has 0 fully saturated rings. The van der Waals surface area contributed by atoms with Crippen LogP contribution in [0.4, 0.5) is 5.69 Å². The van der Waals surface area contributed by atoms with E-state index in [1.807, 2.05) is 13.8 Å². The minimum absolute atomic E-state index is 0.000475. The Morgan fingerprint density at radius 2 is 2.05 bits per heavy atom. The second-order valence-electron chi connectivity index (χ2n) is 4.92. The Balaban J connectivity index is 2.52. The van der Waals surface area contributed by atoms with Crippen LogP contribution in [0.5, 0.6) is 11.5 Å². The van der Waals surface area contributed by atoms with Crippen LogP contribution in [-0.2, 0) is 14.3 Å². The molecule has 21 heavy (non-hydrogen) atoms. The van der Waals surface area contributed by atoms with Gasteiger partial charge in [-0.2, -0.15) is 0 Å². The van der Waals surface area contributed by atoms with Crippen molar-refractivity contribution in [2.24, 2.45) is 0 Å². The number of carbonyl (C=O) groups is 2. The lowest BCUT2D eigenvalue weighted by atomic mass is 9.92. The van der Waals surface area contributed by atoms with Crippen molar-refractivity contribution in [2.45, 2.75) is 32.3 Å². The Morgan fingerprint density at radius 1 is 1.38 bits per heavy atom. The molecule has 0 aliphatic carbocycles. The van der Waals surface area contributed by atoms with Crippen LogP contribution in [0.3, 0.4) is 0 Å². The van der Waals surface area contributed by atoms with Crippen LogP contribution in [0.1, 0.15) is 26.7 Å². The van der Waals surface area contributed by atoms with Crippen molar-refractivity contribution in [3.63, 3.8) is 0 Å². The van der Waals surface area contributed by atoms with Gasteiger partial charge in [0.05, 0.1) is 12.8 Å². The zero-order valence-electron chi connectivity index (χ0n) is 12.4. The van der Waals surface area contributed by atoms with Crippen LogP contribution in [0.25, 0.3) is 0 Å². The third-order valence-electron chi connectivity index (χ3n) is 3.83. The number of rotatable bonds is 4. The summed E-state index contributed by atoms with van der Waals surface area (Å²) in [4.78, 5) is 25.7. The first-order valence-electron chi connectivity index (χ1n) is 6.88. The largest absolute Gasteiger partial charge is 0.508 e. The van der Waals surface area contributed by atoms with E-state index in [1.54, 1.807) is 6.07 Å². The maximum Gasteiger partial charge on any atom is 0.325 e. The molecule has 114 valence electrons. The van der Waals surface area contributed by atoms with E-state index in [9.17, 15) is 14.7 Å². The predicted molar refractivity (Wildman–Crippen MR) is 76.4 cm³/mol. The maximum absolute atomic E-state index is 12.7. The molecule has 6 heteroatoms. The van der Waals surface area contributed by atoms with E-state index < -0.39 is 11.6 Å². The summed E-state index contributed by atoms with van der Waals surface area (Å²) in [7, 11) is 1.27. The van der Waals surface area contributed by atoms with Gasteiger partial charge in [-0.05, 0) is 25.0 Å². The summed E-state index contributed by atoms with van der Waals surface area (Å²) < 4.78 is 10.5. The number of fused-ring (bicyclic) bond motifs is 1. The molecule has 0 bridgehead atoms. The van der Waals surface area contributed by atoms with Gasteiger partial charge in [-0.1, -0.05) is 13.8 Å². The highest BCUT2D eigenvalue weighted by atomic mass is 16.5. The van der Waals surface area contributed by atoms with Crippen LogP contribution >= 0.6 is 0 Å². The second-order valence-corrected chi connectivity index (χ2v) is 4.92. The first-order valence-corrected chi connectivity index (χ1v) is 6.88. The van der Waals surface area contributed by atoms with Gasteiger partial charge >= 0.3 is 5.97 Å². The van der Waals surface area contributed by atoms with Crippen LogP contribution in [0.15, 0.2) is 18.2 Å². The van der Waals surface area contributed by atoms with E-state index in [-0.39, 0.29) is 18.2 Å². The molecule has 1 heterocycles. The number of anilines is 1. The lowest BCUT2D eigenvalue weighted by Gasteiger charge is -2.41. The standard InChI is InChI=1S/C15H19NO5/c1-4-15(5-2)14(19)16(9-13(18)20-3)11-8-10(17)6-7-12(11)21-15/h6-8,17H,4-5,9H2,1-3H3. The van der Waals surface area contributed by atoms with Gasteiger partial charge in [0.2, 0.25) is 0 Å². The van der Waals surface area contributed by atoms with E-state index in [0.29, 0.717) is 24.3 Å². The maximum atomic E-state index is 12.7. The number of carbonyl (C=O) groups excluding carboxylic acids is 2. The molecular formula is C15H19NO5. The summed E-state index contributed by atoms with van der Waals surface area (Å²) in [6.45, 7) is 3.52. The highest BCUT2D eigenvalue weighted by Gasteiger charge is 2.46. The number of esters is 1. The third-order valence-corrected chi connectivity index (χ3v) is 3.83. The summed E-state index contributed by atoms with van der Waals surface area (Å²) in [5.74, 6) is -0.350. The number of phenolic OH excluding ortho intramolecular Hbond substituents is 1. The van der Waals surface area contributed by atoms with Gasteiger partial charge in [-0.15, -0.1) is 0 Å². The van der Waals surface area contributed by atoms with Crippen LogP contribution in [0.2, 0.25) is 0 Å². The molecule has 2 rings (SSSR count). The summed E-state index contributed by atoms with van der Waals surface area (Å²) >= 11 is 0. The fourth-order valence-electron chi connectivity index (χ4n) is 2.46. The summed E-state index contributed by atoms with van der Waals surface area (Å²) in [5.41, 5.74) is -0.610. The average Bonchev–Trinajstić information content (AvgIpc) is 2.50. The molecule has 1 aliphatic rings. The Labute approximate surface area is 123 Å². The monoisotopic (exact) mass is 293 g/mol. The highest BCUT2D eigenvalue weighted by Crippen LogP contribution is 2.42. The van der Waals surface area contributed by atoms with Gasteiger partial charge in [0.15, 0.2) is 5.60 Å². The normalized spacial score (nSPS) is 16.1. The Bertz CT molecular complexity index is 565. The molecule has 0 aromatic heterocycles. The van der Waals surface area contributed by atoms with Gasteiger partial charge < -0.3 is 14.6 Å². The number of hydrogen-bond donors (Lipinski definition) is 1. The first-order chi connectivity index (χ1) is 9.97. The van der Waals surface area contributed by atoms with E-state index in [1.165, 1.54) is 24.1 Å². The van der Waals surface area contributed by atoms with Gasteiger partial charge in [-0.3, -0.25) is 14.5 Å². The molecule has 1 amide bonds. The number of methoxy groups -OCH3 is 1. The van der Waals surface area contributed by atoms with Gasteiger partial charge in [-0.25, -0.2) is 0 Å². The third kappa shape index (κ3) is 2.53. The van der Waals surface area contributed by atoms with Crippen molar-refractivity contribution in [3.8, 4) is 11.5 Å². The number of amides is 1. The highest BCUT2D eigenvalue weighted by molar-refractivity contribution is 6.05. The van der Waals surface area contributed by atoms with Crippen molar-refractivity contribution in [1.29, 1.82) is 0 Å². The van der Waals surface area contributed by atoms with Crippen LogP contribution in [0, 0.1) is 0 Å². The van der Waals surface area contributed by atoms with E-state index in [0.717, 1.165) is 0 Å². The fraction of sp³-hybridized carbons (Fsp3) is 0.467. The molecular weight excluding hydrogens is 274 g/mol. The Hall–Kier alpha value is -2.24. The molecule has 1 N–H and O–H groups in total. The minimum Gasteiger partial charge on any atom is -0.508 e. The number of phenols is 1. The topological polar surface area (TPSA) is 76.1 Å². The minimum atomic E-state index is -0.988. The molecule has 0 unspecified atom stereocenters. The first kappa shape index (κ1) is 15.2. The molecule has 1 aromatic carbocycles. The summed E-state index contributed by atoms with van der Waals surface area (Å²) in [6, 6.07) is 4.49.